The molecule has 4 nitrogen and oxygen atoms in total. The summed E-state index contributed by atoms with van der Waals surface area (Å²) in [6.45, 7) is 1.45. The molecule has 1 aromatic rings. The third-order valence-electron chi connectivity index (χ3n) is 1.39. The van der Waals surface area contributed by atoms with Crippen molar-refractivity contribution < 1.29 is 4.74 Å². The molecule has 0 unspecified atom stereocenters. The summed E-state index contributed by atoms with van der Waals surface area (Å²) in [6, 6.07) is 1.68. The van der Waals surface area contributed by atoms with E-state index in [9.17, 15) is 0 Å². The lowest BCUT2D eigenvalue weighted by Crippen LogP contribution is -2.19. The van der Waals surface area contributed by atoms with Crippen LogP contribution < -0.4 is 4.74 Å². The fraction of sp³-hybridized carbons (Fsp3) is 0.500. The smallest absolute Gasteiger partial charge is 0.225 e. The second-order valence-corrected chi connectivity index (χ2v) is 3.15. The summed E-state index contributed by atoms with van der Waals surface area (Å²) >= 11 is 5.57. The molecule has 0 aromatic carbocycles. The van der Waals surface area contributed by atoms with Crippen molar-refractivity contribution in [1.29, 1.82) is 0 Å². The predicted octanol–water partition coefficient (Wildman–Crippen LogP) is 1.07. The molecule has 72 valence electrons. The van der Waals surface area contributed by atoms with E-state index >= 15 is 0 Å². The summed E-state index contributed by atoms with van der Waals surface area (Å²) in [5.74, 6) is 0.516. The molecule has 1 aromatic heterocycles. The third-order valence-corrected chi connectivity index (χ3v) is 1.57. The molecule has 0 aliphatic rings. The van der Waals surface area contributed by atoms with Crippen LogP contribution in [-0.4, -0.2) is 42.1 Å². The van der Waals surface area contributed by atoms with Crippen molar-refractivity contribution >= 4 is 11.6 Å². The number of halogens is 1. The highest BCUT2D eigenvalue weighted by Gasteiger charge is 1.97. The zero-order valence-electron chi connectivity index (χ0n) is 7.70. The quantitative estimate of drug-likeness (QED) is 0.684. The van der Waals surface area contributed by atoms with Crippen molar-refractivity contribution in [3.05, 3.63) is 17.5 Å². The van der Waals surface area contributed by atoms with Gasteiger partial charge in [0.2, 0.25) is 11.2 Å². The number of aromatic nitrogens is 2. The Morgan fingerprint density at radius 1 is 1.54 bits per heavy atom. The summed E-state index contributed by atoms with van der Waals surface area (Å²) in [5, 5.41) is 0.211. The normalized spacial score (nSPS) is 10.5. The number of ether oxygens (including phenoxy) is 1. The van der Waals surface area contributed by atoms with E-state index < -0.39 is 0 Å². The van der Waals surface area contributed by atoms with Crippen LogP contribution in [0.5, 0.6) is 5.88 Å². The van der Waals surface area contributed by atoms with Gasteiger partial charge in [-0.05, 0) is 25.7 Å². The molecule has 1 rings (SSSR count). The molecule has 0 saturated heterocycles. The molecule has 0 amide bonds. The first kappa shape index (κ1) is 10.2. The molecule has 0 fully saturated rings. The maximum absolute atomic E-state index is 5.57. The first-order valence-corrected chi connectivity index (χ1v) is 4.32. The van der Waals surface area contributed by atoms with Gasteiger partial charge in [0.15, 0.2) is 0 Å². The monoisotopic (exact) mass is 201 g/mol. The zero-order chi connectivity index (χ0) is 9.68. The highest BCUT2D eigenvalue weighted by molar-refractivity contribution is 6.28. The van der Waals surface area contributed by atoms with Gasteiger partial charge in [-0.3, -0.25) is 0 Å². The van der Waals surface area contributed by atoms with Crippen LogP contribution in [0.15, 0.2) is 12.3 Å². The summed E-state index contributed by atoms with van der Waals surface area (Å²) in [5.41, 5.74) is 0. The van der Waals surface area contributed by atoms with Gasteiger partial charge in [0, 0.05) is 18.8 Å². The van der Waals surface area contributed by atoms with Crippen LogP contribution in [0, 0.1) is 0 Å². The maximum atomic E-state index is 5.57. The van der Waals surface area contributed by atoms with Gasteiger partial charge in [-0.1, -0.05) is 0 Å². The lowest BCUT2D eigenvalue weighted by Gasteiger charge is -2.09. The first-order valence-electron chi connectivity index (χ1n) is 3.94. The van der Waals surface area contributed by atoms with Crippen LogP contribution in [0.4, 0.5) is 0 Å². The van der Waals surface area contributed by atoms with Crippen LogP contribution in [-0.2, 0) is 0 Å². The van der Waals surface area contributed by atoms with E-state index in [-0.39, 0.29) is 5.28 Å². The van der Waals surface area contributed by atoms with Crippen LogP contribution in [0.25, 0.3) is 0 Å². The second kappa shape index (κ2) is 4.99. The average molecular weight is 202 g/mol. The second-order valence-electron chi connectivity index (χ2n) is 2.82. The number of likely N-dealkylation sites (N-methyl/N-ethyl adjacent to an activating group) is 1. The Hall–Kier alpha value is -0.870. The predicted molar refractivity (Wildman–Crippen MR) is 51.1 cm³/mol. The summed E-state index contributed by atoms with van der Waals surface area (Å²) in [7, 11) is 3.96. The first-order chi connectivity index (χ1) is 6.18. The molecule has 0 saturated carbocycles. The van der Waals surface area contributed by atoms with Gasteiger partial charge in [-0.25, -0.2) is 4.98 Å². The fourth-order valence-corrected chi connectivity index (χ4v) is 0.872. The Kier molecular flexibility index (Phi) is 3.92. The van der Waals surface area contributed by atoms with E-state index in [1.807, 2.05) is 19.0 Å². The molecule has 0 spiro atoms. The Morgan fingerprint density at radius 2 is 2.31 bits per heavy atom. The van der Waals surface area contributed by atoms with Crippen molar-refractivity contribution in [2.75, 3.05) is 27.2 Å². The van der Waals surface area contributed by atoms with Crippen LogP contribution in [0.3, 0.4) is 0 Å². The molecule has 0 aliphatic carbocycles. The Morgan fingerprint density at radius 3 is 2.92 bits per heavy atom. The Bertz CT molecular complexity index is 267. The highest BCUT2D eigenvalue weighted by atomic mass is 35.5. The van der Waals surface area contributed by atoms with Gasteiger partial charge in [0.25, 0.3) is 0 Å². The Balaban J connectivity index is 2.37. The van der Waals surface area contributed by atoms with Crippen molar-refractivity contribution in [2.24, 2.45) is 0 Å². The molecule has 5 heteroatoms. The standard InChI is InChI=1S/C8H12ClN3O/c1-12(2)5-6-13-7-3-4-10-8(9)11-7/h3-4H,5-6H2,1-2H3. The number of hydrogen-bond acceptors (Lipinski definition) is 4. The largest absolute Gasteiger partial charge is 0.476 e. The zero-order valence-corrected chi connectivity index (χ0v) is 8.45. The van der Waals surface area contributed by atoms with E-state index in [1.54, 1.807) is 12.3 Å². The highest BCUT2D eigenvalue weighted by Crippen LogP contribution is 2.07. The number of hydrogen-bond donors (Lipinski definition) is 0. The summed E-state index contributed by atoms with van der Waals surface area (Å²) in [6.07, 6.45) is 1.57. The summed E-state index contributed by atoms with van der Waals surface area (Å²) in [4.78, 5) is 9.66. The van der Waals surface area contributed by atoms with Gasteiger partial charge in [0.1, 0.15) is 6.61 Å². The Labute approximate surface area is 82.5 Å². The molecular weight excluding hydrogens is 190 g/mol. The van der Waals surface area contributed by atoms with Gasteiger partial charge >= 0.3 is 0 Å². The van der Waals surface area contributed by atoms with E-state index in [4.69, 9.17) is 16.3 Å². The van der Waals surface area contributed by atoms with Gasteiger partial charge in [-0.2, -0.15) is 4.98 Å². The lowest BCUT2D eigenvalue weighted by atomic mass is 10.6. The van der Waals surface area contributed by atoms with Gasteiger partial charge < -0.3 is 9.64 Å². The number of rotatable bonds is 4. The molecule has 0 aliphatic heterocycles. The van der Waals surface area contributed by atoms with Gasteiger partial charge in [-0.15, -0.1) is 0 Å². The van der Waals surface area contributed by atoms with Gasteiger partial charge in [0.05, 0.1) is 0 Å². The van der Waals surface area contributed by atoms with Crippen LogP contribution >= 0.6 is 11.6 Å². The van der Waals surface area contributed by atoms with Crippen LogP contribution in [0.1, 0.15) is 0 Å². The van der Waals surface area contributed by atoms with E-state index in [1.165, 1.54) is 0 Å². The molecule has 13 heavy (non-hydrogen) atoms. The molecular formula is C8H12ClN3O. The molecule has 0 radical (unpaired) electrons. The minimum absolute atomic E-state index is 0.211. The van der Waals surface area contributed by atoms with Crippen molar-refractivity contribution in [3.8, 4) is 5.88 Å². The van der Waals surface area contributed by atoms with E-state index in [0.29, 0.717) is 12.5 Å². The van der Waals surface area contributed by atoms with E-state index in [2.05, 4.69) is 9.97 Å². The minimum atomic E-state index is 0.211. The third kappa shape index (κ3) is 4.05. The van der Waals surface area contributed by atoms with Crippen molar-refractivity contribution in [2.45, 2.75) is 0 Å². The van der Waals surface area contributed by atoms with Crippen LogP contribution in [0.2, 0.25) is 5.28 Å². The fourth-order valence-electron chi connectivity index (χ4n) is 0.733. The van der Waals surface area contributed by atoms with E-state index in [0.717, 1.165) is 6.54 Å². The SMILES string of the molecule is CN(C)CCOc1ccnc(Cl)n1. The molecule has 0 atom stereocenters. The average Bonchev–Trinajstić information content (AvgIpc) is 2.03. The van der Waals surface area contributed by atoms with Crippen molar-refractivity contribution in [1.82, 2.24) is 14.9 Å². The minimum Gasteiger partial charge on any atom is -0.476 e. The topological polar surface area (TPSA) is 38.2 Å². The summed E-state index contributed by atoms with van der Waals surface area (Å²) < 4.78 is 5.32. The number of nitrogens with zero attached hydrogens (tertiary/aromatic N) is 3. The molecule has 0 bridgehead atoms. The maximum Gasteiger partial charge on any atom is 0.225 e. The molecule has 1 heterocycles. The lowest BCUT2D eigenvalue weighted by molar-refractivity contribution is 0.253. The molecule has 0 N–H and O–H groups in total. The van der Waals surface area contributed by atoms with Crippen molar-refractivity contribution in [3.63, 3.8) is 0 Å².